The lowest BCUT2D eigenvalue weighted by Gasteiger charge is -2.29. The van der Waals surface area contributed by atoms with E-state index < -0.39 is 332 Å². The molecule has 0 bridgehead atoms. The minimum Gasteiger partial charge on any atom is -0.394 e. The maximum Gasteiger partial charge on any atom is 0.333 e. The molecule has 93 heavy (non-hydrogen) atoms. The highest BCUT2D eigenvalue weighted by Crippen LogP contribution is 2.15. The molecule has 1 aliphatic rings. The predicted octanol–water partition coefficient (Wildman–Crippen LogP) is -12.3. The summed E-state index contributed by atoms with van der Waals surface area (Å²) in [4.78, 5) is 86.0. The summed E-state index contributed by atoms with van der Waals surface area (Å²) in [6.07, 6.45) is -15.8. The van der Waals surface area contributed by atoms with Crippen LogP contribution in [0.2, 0.25) is 0 Å². The number of hydroxylamine groups is 2. The van der Waals surface area contributed by atoms with Crippen LogP contribution < -0.4 is 10.6 Å². The number of rotatable bonds is 62. The van der Waals surface area contributed by atoms with Crippen molar-refractivity contribution in [2.45, 2.75) is 111 Å². The fourth-order valence-electron chi connectivity index (χ4n) is 7.40. The Hall–Kier alpha value is -4.10. The molecule has 0 atom stereocenters. The van der Waals surface area contributed by atoms with Crippen LogP contribution in [0.4, 0.5) is 0 Å². The van der Waals surface area contributed by atoms with Crippen molar-refractivity contribution in [3.63, 3.8) is 0 Å². The van der Waals surface area contributed by atoms with Gasteiger partial charge in [0.05, 0.1) is 203 Å². The van der Waals surface area contributed by atoms with Crippen molar-refractivity contribution in [3.8, 4) is 0 Å². The largest absolute Gasteiger partial charge is 0.394 e. The highest BCUT2D eigenvalue weighted by Gasteiger charge is 2.34. The summed E-state index contributed by atoms with van der Waals surface area (Å²) in [5, 5.41) is 160. The van der Waals surface area contributed by atoms with Gasteiger partial charge in [0.25, 0.3) is 11.8 Å². The molecule has 0 aromatic heterocycles. The Bertz CT molecular complexity index is 1670. The summed E-state index contributed by atoms with van der Waals surface area (Å²) in [7, 11) is 0. The number of ether oxygens (including phenoxy) is 12. The van der Waals surface area contributed by atoms with E-state index >= 15 is 0 Å². The third-order valence-corrected chi connectivity index (χ3v) is 13.0. The normalized spacial score (nSPS) is 13.3. The Morgan fingerprint density at radius 1 is 0.323 bits per heavy atom. The number of aliphatic hydroxyl groups excluding tert-OH is 16. The van der Waals surface area contributed by atoms with Gasteiger partial charge in [-0.3, -0.25) is 24.0 Å². The van der Waals surface area contributed by atoms with Crippen molar-refractivity contribution in [2.75, 3.05) is 198 Å². The van der Waals surface area contributed by atoms with E-state index in [0.717, 1.165) is 0 Å². The highest BCUT2D eigenvalue weighted by molar-refractivity contribution is 6.01. The smallest absolute Gasteiger partial charge is 0.333 e. The summed E-state index contributed by atoms with van der Waals surface area (Å²) < 4.78 is 68.5. The van der Waals surface area contributed by atoms with Crippen LogP contribution in [0, 0.1) is 0 Å². The molecule has 5 amide bonds. The van der Waals surface area contributed by atoms with Crippen LogP contribution in [0.25, 0.3) is 0 Å². The van der Waals surface area contributed by atoms with Gasteiger partial charge >= 0.3 is 5.97 Å². The lowest BCUT2D eigenvalue weighted by Crippen LogP contribution is -2.52. The molecule has 39 heteroatoms. The van der Waals surface area contributed by atoms with E-state index in [1.807, 2.05) is 0 Å². The SMILES string of the molecule is O=C(CN(CC(=O)NC(COC(COC(CO)CO)COC(CO)CO)COC(COC(CO)CO)COC(CO)CO)C(=O)CCC(=O)ON1C(=O)CCC1=O)NC(COC(COC(CO)CO)COC(CO)CO)COC(COC(CO)CO)COC(CO)CO. The number of nitrogens with zero attached hydrogens (tertiary/aromatic N) is 2. The highest BCUT2D eigenvalue weighted by atomic mass is 16.7. The Morgan fingerprint density at radius 3 is 0.731 bits per heavy atom. The lowest BCUT2D eigenvalue weighted by atomic mass is 10.2. The van der Waals surface area contributed by atoms with Crippen molar-refractivity contribution in [3.05, 3.63) is 0 Å². The Morgan fingerprint density at radius 2 is 0.527 bits per heavy atom. The second kappa shape index (κ2) is 54.0. The molecule has 18 N–H and O–H groups in total. The number of hydrogen-bond donors (Lipinski definition) is 18. The van der Waals surface area contributed by atoms with Crippen molar-refractivity contribution in [1.82, 2.24) is 20.6 Å². The van der Waals surface area contributed by atoms with Gasteiger partial charge in [0.2, 0.25) is 17.7 Å². The first-order valence-electron chi connectivity index (χ1n) is 29.9. The average molecular weight is 1370 g/mol. The number of amides is 5. The minimum absolute atomic E-state index is 0.228. The first-order valence-corrected chi connectivity index (χ1v) is 29.9. The van der Waals surface area contributed by atoms with E-state index in [0.29, 0.717) is 4.90 Å². The van der Waals surface area contributed by atoms with Crippen LogP contribution in [-0.2, 0) is 90.4 Å². The van der Waals surface area contributed by atoms with Crippen LogP contribution in [0.1, 0.15) is 25.7 Å². The maximum absolute atomic E-state index is 14.4. The van der Waals surface area contributed by atoms with Crippen LogP contribution in [0.15, 0.2) is 0 Å². The molecule has 0 spiro atoms. The van der Waals surface area contributed by atoms with E-state index in [4.69, 9.17) is 61.7 Å². The quantitative estimate of drug-likeness (QED) is 0.0251. The Balaban J connectivity index is 3.94. The summed E-state index contributed by atoms with van der Waals surface area (Å²) in [6.45, 7) is -17.9. The third-order valence-electron chi connectivity index (χ3n) is 13.0. The molecule has 0 aromatic rings. The molecule has 1 heterocycles. The molecule has 1 fully saturated rings. The van der Waals surface area contributed by atoms with Crippen LogP contribution in [0.5, 0.6) is 0 Å². The fourth-order valence-corrected chi connectivity index (χ4v) is 7.40. The number of aliphatic hydroxyl groups is 16. The molecule has 0 radical (unpaired) electrons. The second-order valence-electron chi connectivity index (χ2n) is 20.7. The third kappa shape index (κ3) is 38.4. The Labute approximate surface area is 536 Å². The monoisotopic (exact) mass is 1360 g/mol. The number of hydrogen-bond acceptors (Lipinski definition) is 35. The zero-order chi connectivity index (χ0) is 69.3. The molecule has 1 aliphatic heterocycles. The van der Waals surface area contributed by atoms with Gasteiger partial charge in [-0.1, -0.05) is 0 Å². The molecule has 1 saturated heterocycles. The van der Waals surface area contributed by atoms with Gasteiger partial charge in [0.1, 0.15) is 86.3 Å². The molecule has 1 rings (SSSR count). The zero-order valence-electron chi connectivity index (χ0n) is 51.9. The van der Waals surface area contributed by atoms with Gasteiger partial charge in [-0.15, -0.1) is 5.06 Å². The topological polar surface area (TPSA) is 577 Å². The van der Waals surface area contributed by atoms with Crippen molar-refractivity contribution in [2.24, 2.45) is 0 Å². The number of carbonyl (C=O) groups excluding carboxylic acids is 6. The van der Waals surface area contributed by atoms with Crippen LogP contribution in [-0.4, -0.2) is 411 Å². The first-order chi connectivity index (χ1) is 44.8. The zero-order valence-corrected chi connectivity index (χ0v) is 51.9. The fraction of sp³-hybridized carbons (Fsp3) is 0.889. The molecular formula is C54H100N4O35. The van der Waals surface area contributed by atoms with Gasteiger partial charge in [-0.25, -0.2) is 4.79 Å². The maximum atomic E-state index is 14.4. The van der Waals surface area contributed by atoms with Crippen molar-refractivity contribution >= 4 is 35.5 Å². The molecule has 0 unspecified atom stereocenters. The van der Waals surface area contributed by atoms with E-state index in [-0.39, 0.29) is 17.9 Å². The summed E-state index contributed by atoms with van der Waals surface area (Å²) in [5.41, 5.74) is 0. The van der Waals surface area contributed by atoms with E-state index in [2.05, 4.69) is 10.6 Å². The molecule has 546 valence electrons. The second-order valence-corrected chi connectivity index (χ2v) is 20.7. The Kier molecular flexibility index (Phi) is 50.4. The van der Waals surface area contributed by atoms with Gasteiger partial charge in [-0.05, 0) is 0 Å². The molecule has 0 saturated carbocycles. The van der Waals surface area contributed by atoms with Crippen LogP contribution >= 0.6 is 0 Å². The van der Waals surface area contributed by atoms with Crippen molar-refractivity contribution in [1.29, 1.82) is 0 Å². The van der Waals surface area contributed by atoms with Crippen LogP contribution in [0.3, 0.4) is 0 Å². The summed E-state index contributed by atoms with van der Waals surface area (Å²) in [6, 6.07) is -2.67. The number of imide groups is 1. The van der Waals surface area contributed by atoms with Gasteiger partial charge in [0, 0.05) is 19.3 Å². The van der Waals surface area contributed by atoms with Gasteiger partial charge < -0.3 is 159 Å². The number of carbonyl (C=O) groups is 6. The molecule has 0 aliphatic carbocycles. The average Bonchev–Trinajstić information content (AvgIpc) is 2.33. The van der Waals surface area contributed by atoms with Crippen molar-refractivity contribution < 1.29 is 172 Å². The minimum atomic E-state index is -1.33. The van der Waals surface area contributed by atoms with Gasteiger partial charge in [0.15, 0.2) is 0 Å². The standard InChI is InChI=1S/C54H100N4O35/c59-7-37(8-60)85-27-45(28-86-38(9-61)10-62)81-23-35(24-82-46(29-87-39(11-63)12-64)30-88-40(13-65)14-66)55-49(75)5-57(51(77)3-4-54(80)93-58-52(78)1-2-53(58)79)6-50(76)56-36(25-83-47(31-89-41(15-67)16-68)32-90-42(17-69)18-70)26-84-48(33-91-43(19-71)20-72)34-92-44(21-73)22-74/h35-48,59-74H,1-34H2,(H,55,75)(H,56,76). The molecule has 0 aromatic carbocycles. The molecular weight excluding hydrogens is 1260 g/mol. The summed E-state index contributed by atoms with van der Waals surface area (Å²) in [5.74, 6) is -6.17. The first kappa shape index (κ1) is 86.9. The molecule has 39 nitrogen and oxygen atoms in total. The van der Waals surface area contributed by atoms with Gasteiger partial charge in [-0.2, -0.15) is 0 Å². The lowest BCUT2D eigenvalue weighted by molar-refractivity contribution is -0.197. The summed E-state index contributed by atoms with van der Waals surface area (Å²) >= 11 is 0. The van der Waals surface area contributed by atoms with E-state index in [9.17, 15) is 110 Å². The predicted molar refractivity (Wildman–Crippen MR) is 307 cm³/mol. The number of nitrogens with one attached hydrogen (secondary N) is 2. The van der Waals surface area contributed by atoms with E-state index in [1.54, 1.807) is 0 Å². The van der Waals surface area contributed by atoms with E-state index in [1.165, 1.54) is 0 Å².